The van der Waals surface area contributed by atoms with E-state index < -0.39 is 112 Å². The van der Waals surface area contributed by atoms with Gasteiger partial charge in [-0.15, -0.1) is 0 Å². The van der Waals surface area contributed by atoms with Gasteiger partial charge in [0.15, 0.2) is 30.9 Å². The van der Waals surface area contributed by atoms with E-state index in [4.69, 9.17) is 44.2 Å². The molecule has 12 atom stereocenters. The Balaban J connectivity index is 1.72. The van der Waals surface area contributed by atoms with Crippen molar-refractivity contribution in [3.8, 4) is 0 Å². The average molecular weight is 958 g/mol. The zero-order chi connectivity index (χ0) is 48.2. The highest BCUT2D eigenvalue weighted by Crippen LogP contribution is 2.47. The van der Waals surface area contributed by atoms with Crippen molar-refractivity contribution in [3.63, 3.8) is 0 Å². The third-order valence-corrected chi connectivity index (χ3v) is 12.5. The van der Waals surface area contributed by atoms with Crippen LogP contribution in [0.15, 0.2) is 0 Å². The molecule has 0 spiro atoms. The standard InChI is InChI=1S/C43H80N3O18P/c1-3-4-5-6-7-8-9-10-11-12-13-14-15-16-17-18-19-20-21-22-23-24-25-26-58-31(40(53)54)28-59-65(56,57)64-42-35(51)36(63-43(45)55)37(38(62-42)39(44)52)61-41-32(46-29(2)48)34(50)33(49)30(27-47)60-41/h30-38,41-42,47,49-51H,3-28H2,1-2H3,(H2,44,52)(H2,45,55)(H,46,48)(H,53,54)(H,56,57)/t30-,31-,32-,33-,34-,35-,36-,37+,38+,41-,42-/m1/s1. The maximum atomic E-state index is 13.0. The lowest BCUT2D eigenvalue weighted by molar-refractivity contribution is -0.330. The second-order valence-electron chi connectivity index (χ2n) is 17.1. The number of hydrogen-bond donors (Lipinski definition) is 9. The van der Waals surface area contributed by atoms with Gasteiger partial charge >= 0.3 is 19.9 Å². The molecule has 2 aliphatic heterocycles. The number of unbranched alkanes of at least 4 members (excludes halogenated alkanes) is 22. The first-order valence-electron chi connectivity index (χ1n) is 23.7. The third-order valence-electron chi connectivity index (χ3n) is 11.6. The molecule has 1 unspecified atom stereocenters. The van der Waals surface area contributed by atoms with E-state index in [1.165, 1.54) is 116 Å². The summed E-state index contributed by atoms with van der Waals surface area (Å²) in [5.41, 5.74) is 10.7. The van der Waals surface area contributed by atoms with Gasteiger partial charge in [-0.05, 0) is 6.42 Å². The molecule has 380 valence electrons. The molecule has 2 rings (SSSR count). The van der Waals surface area contributed by atoms with Crippen LogP contribution in [0.5, 0.6) is 0 Å². The van der Waals surface area contributed by atoms with E-state index in [0.29, 0.717) is 6.42 Å². The monoisotopic (exact) mass is 958 g/mol. The number of primary amides is 2. The van der Waals surface area contributed by atoms with Gasteiger partial charge in [0.05, 0.1) is 13.2 Å². The van der Waals surface area contributed by atoms with Crippen LogP contribution in [-0.2, 0) is 51.7 Å². The highest BCUT2D eigenvalue weighted by atomic mass is 31.2. The Morgan fingerprint density at radius 1 is 0.692 bits per heavy atom. The average Bonchev–Trinajstić information content (AvgIpc) is 3.24. The lowest BCUT2D eigenvalue weighted by Crippen LogP contribution is -2.68. The van der Waals surface area contributed by atoms with Crippen molar-refractivity contribution in [2.75, 3.05) is 19.8 Å². The lowest BCUT2D eigenvalue weighted by Gasteiger charge is -2.47. The zero-order valence-corrected chi connectivity index (χ0v) is 39.3. The van der Waals surface area contributed by atoms with Crippen molar-refractivity contribution < 1.29 is 86.9 Å². The maximum Gasteiger partial charge on any atom is 0.474 e. The van der Waals surface area contributed by atoms with E-state index >= 15 is 0 Å². The number of carboxylic acids is 1. The van der Waals surface area contributed by atoms with Crippen LogP contribution >= 0.6 is 7.82 Å². The summed E-state index contributed by atoms with van der Waals surface area (Å²) in [6.07, 6.45) is 7.51. The number of ether oxygens (including phenoxy) is 5. The van der Waals surface area contributed by atoms with Gasteiger partial charge in [0, 0.05) is 13.5 Å². The topological polar surface area (TPSA) is 335 Å². The minimum atomic E-state index is -5.35. The van der Waals surface area contributed by atoms with Crippen LogP contribution in [0.25, 0.3) is 0 Å². The van der Waals surface area contributed by atoms with Crippen LogP contribution < -0.4 is 16.8 Å². The number of phosphoric acid groups is 1. The highest BCUT2D eigenvalue weighted by molar-refractivity contribution is 7.47. The third kappa shape index (κ3) is 23.4. The quantitative estimate of drug-likeness (QED) is 0.0314. The SMILES string of the molecule is CCCCCCCCCCCCCCCCCCCCCCCCCO[C@H](COP(=O)(O)O[C@H]1O[C@H](C(N)=O)[C@@H](O[C@H]2O[C@H](CO)[C@@H](O)[C@H](O)[C@H]2NC(C)=O)[C@H](OC(N)=O)[C@H]1O)C(=O)O. The Morgan fingerprint density at radius 3 is 1.58 bits per heavy atom. The molecule has 0 radical (unpaired) electrons. The van der Waals surface area contributed by atoms with Crippen molar-refractivity contribution in [2.24, 2.45) is 11.5 Å². The van der Waals surface area contributed by atoms with Crippen molar-refractivity contribution in [2.45, 2.75) is 229 Å². The number of nitrogens with one attached hydrogen (secondary N) is 1. The number of rotatable bonds is 37. The molecule has 3 amide bonds. The fourth-order valence-electron chi connectivity index (χ4n) is 7.93. The Kier molecular flexibility index (Phi) is 29.8. The summed E-state index contributed by atoms with van der Waals surface area (Å²) in [5.74, 6) is -3.62. The Hall–Kier alpha value is -2.53. The molecule has 2 fully saturated rings. The first-order valence-corrected chi connectivity index (χ1v) is 25.2. The summed E-state index contributed by atoms with van der Waals surface area (Å²) < 4.78 is 49.6. The molecule has 2 saturated heterocycles. The number of carbonyl (C=O) groups excluding carboxylic acids is 3. The number of aliphatic hydroxyl groups excluding tert-OH is 4. The molecule has 65 heavy (non-hydrogen) atoms. The molecule has 0 aromatic carbocycles. The fourth-order valence-corrected chi connectivity index (χ4v) is 8.75. The van der Waals surface area contributed by atoms with Crippen molar-refractivity contribution >= 4 is 31.7 Å². The second kappa shape index (κ2) is 33.0. The van der Waals surface area contributed by atoms with Crippen molar-refractivity contribution in [3.05, 3.63) is 0 Å². The number of carbonyl (C=O) groups is 4. The van der Waals surface area contributed by atoms with Gasteiger partial charge in [0.1, 0.15) is 36.6 Å². The van der Waals surface area contributed by atoms with Crippen LogP contribution in [0.3, 0.4) is 0 Å². The molecular weight excluding hydrogens is 877 g/mol. The summed E-state index contributed by atoms with van der Waals surface area (Å²) in [6, 6.07) is -1.58. The number of carboxylic acid groups (broad SMARTS) is 1. The van der Waals surface area contributed by atoms with Crippen molar-refractivity contribution in [1.82, 2.24) is 5.32 Å². The fraction of sp³-hybridized carbons (Fsp3) is 0.907. The van der Waals surface area contributed by atoms with Crippen LogP contribution in [0, 0.1) is 0 Å². The smallest absolute Gasteiger partial charge is 0.474 e. The molecule has 0 bridgehead atoms. The Labute approximate surface area is 383 Å². The molecule has 0 saturated carbocycles. The van der Waals surface area contributed by atoms with E-state index in [1.54, 1.807) is 0 Å². The molecule has 2 heterocycles. The minimum absolute atomic E-state index is 0.0247. The van der Waals surface area contributed by atoms with Gasteiger partial charge in [-0.2, -0.15) is 0 Å². The summed E-state index contributed by atoms with van der Waals surface area (Å²) in [6.45, 7) is 1.50. The number of aliphatic hydroxyl groups is 4. The number of amides is 3. The summed E-state index contributed by atoms with van der Waals surface area (Å²) >= 11 is 0. The predicted octanol–water partition coefficient (Wildman–Crippen LogP) is 3.95. The van der Waals surface area contributed by atoms with E-state index in [9.17, 15) is 54.2 Å². The number of nitrogens with two attached hydrogens (primary N) is 2. The molecule has 0 aromatic rings. The Bertz CT molecular complexity index is 1400. The largest absolute Gasteiger partial charge is 0.479 e. The van der Waals surface area contributed by atoms with Crippen LogP contribution in [-0.4, -0.2) is 142 Å². The summed E-state index contributed by atoms with van der Waals surface area (Å²) in [4.78, 5) is 58.7. The molecular formula is C43H80N3O18P. The molecule has 2 aliphatic rings. The van der Waals surface area contributed by atoms with Gasteiger partial charge in [0.2, 0.25) is 11.8 Å². The Morgan fingerprint density at radius 2 is 1.17 bits per heavy atom. The van der Waals surface area contributed by atoms with Crippen molar-refractivity contribution in [1.29, 1.82) is 0 Å². The summed E-state index contributed by atoms with van der Waals surface area (Å²) in [7, 11) is -5.35. The highest BCUT2D eigenvalue weighted by Gasteiger charge is 2.56. The van der Waals surface area contributed by atoms with E-state index in [0.717, 1.165) is 32.6 Å². The van der Waals surface area contributed by atoms with Gasteiger partial charge < -0.3 is 70.9 Å². The van der Waals surface area contributed by atoms with E-state index in [-0.39, 0.29) is 6.61 Å². The maximum absolute atomic E-state index is 13.0. The van der Waals surface area contributed by atoms with Gasteiger partial charge in [0.25, 0.3) is 0 Å². The molecule has 0 aliphatic carbocycles. The zero-order valence-electron chi connectivity index (χ0n) is 38.4. The number of aliphatic carboxylic acids is 1. The minimum Gasteiger partial charge on any atom is -0.479 e. The molecule has 22 heteroatoms. The van der Waals surface area contributed by atoms with Gasteiger partial charge in [-0.3, -0.25) is 18.6 Å². The van der Waals surface area contributed by atoms with E-state index in [2.05, 4.69) is 12.2 Å². The molecule has 21 nitrogen and oxygen atoms in total. The first-order chi connectivity index (χ1) is 31.0. The number of hydrogen-bond acceptors (Lipinski definition) is 16. The van der Waals surface area contributed by atoms with Gasteiger partial charge in [-0.25, -0.2) is 14.2 Å². The van der Waals surface area contributed by atoms with Gasteiger partial charge in [-0.1, -0.05) is 148 Å². The summed E-state index contributed by atoms with van der Waals surface area (Å²) in [5, 5.41) is 53.7. The van der Waals surface area contributed by atoms with E-state index in [1.807, 2.05) is 0 Å². The molecule has 11 N–H and O–H groups in total. The lowest BCUT2D eigenvalue weighted by atomic mass is 9.95. The van der Waals surface area contributed by atoms with Crippen LogP contribution in [0.2, 0.25) is 0 Å². The van der Waals surface area contributed by atoms with Crippen LogP contribution in [0.4, 0.5) is 4.79 Å². The molecule has 0 aromatic heterocycles. The predicted molar refractivity (Wildman–Crippen MR) is 235 cm³/mol. The second-order valence-corrected chi connectivity index (χ2v) is 18.5. The first kappa shape index (κ1) is 58.6. The normalized spacial score (nSPS) is 27.1. The van der Waals surface area contributed by atoms with Crippen LogP contribution in [0.1, 0.15) is 162 Å². The number of phosphoric ester groups is 1.